The first kappa shape index (κ1) is 11.2. The monoisotopic (exact) mass is 240 g/mol. The lowest BCUT2D eigenvalue weighted by Gasteiger charge is -2.03. The van der Waals surface area contributed by atoms with Gasteiger partial charge in [-0.25, -0.2) is 4.98 Å². The molecular weight excluding hydrogens is 224 g/mol. The van der Waals surface area contributed by atoms with E-state index in [1.165, 1.54) is 18.4 Å². The summed E-state index contributed by atoms with van der Waals surface area (Å²) >= 11 is 0. The highest BCUT2D eigenvalue weighted by molar-refractivity contribution is 5.17. The van der Waals surface area contributed by atoms with Crippen LogP contribution < -0.4 is 5.56 Å². The van der Waals surface area contributed by atoms with E-state index in [2.05, 4.69) is 22.1 Å². The number of hydrogen-bond donors (Lipinski definition) is 1. The first-order chi connectivity index (χ1) is 8.81. The summed E-state index contributed by atoms with van der Waals surface area (Å²) in [5.41, 5.74) is 2.23. The van der Waals surface area contributed by atoms with Crippen molar-refractivity contribution in [3.05, 3.63) is 63.8 Å². The smallest absolute Gasteiger partial charge is 0.251 e. The fourth-order valence-corrected chi connectivity index (χ4v) is 2.14. The molecule has 1 saturated carbocycles. The third kappa shape index (κ3) is 2.67. The summed E-state index contributed by atoms with van der Waals surface area (Å²) in [5.74, 6) is 1.34. The summed E-state index contributed by atoms with van der Waals surface area (Å²) in [6.07, 6.45) is 4.06. The average Bonchev–Trinajstić information content (AvgIpc) is 3.21. The van der Waals surface area contributed by atoms with E-state index in [0.717, 1.165) is 24.4 Å². The predicted molar refractivity (Wildman–Crippen MR) is 70.7 cm³/mol. The Morgan fingerprint density at radius 2 is 1.94 bits per heavy atom. The molecule has 1 aliphatic rings. The van der Waals surface area contributed by atoms with Crippen LogP contribution >= 0.6 is 0 Å². The minimum Gasteiger partial charge on any atom is -0.311 e. The van der Waals surface area contributed by atoms with Crippen LogP contribution in [0.1, 0.15) is 35.8 Å². The maximum atomic E-state index is 11.6. The summed E-state index contributed by atoms with van der Waals surface area (Å²) in [4.78, 5) is 18.9. The summed E-state index contributed by atoms with van der Waals surface area (Å²) in [7, 11) is 0. The van der Waals surface area contributed by atoms with Crippen molar-refractivity contribution in [2.24, 2.45) is 0 Å². The van der Waals surface area contributed by atoms with Gasteiger partial charge in [0.05, 0.1) is 5.69 Å². The zero-order valence-corrected chi connectivity index (χ0v) is 10.2. The maximum absolute atomic E-state index is 11.6. The third-order valence-electron chi connectivity index (χ3n) is 3.30. The van der Waals surface area contributed by atoms with E-state index in [4.69, 9.17) is 0 Å². The molecule has 1 N–H and O–H groups in total. The SMILES string of the molecule is O=c1cc(C2CC2)nc(CCc2ccccc2)[nH]1. The number of aromatic amines is 1. The Morgan fingerprint density at radius 1 is 1.17 bits per heavy atom. The number of hydrogen-bond acceptors (Lipinski definition) is 2. The van der Waals surface area contributed by atoms with Gasteiger partial charge in [-0.1, -0.05) is 30.3 Å². The van der Waals surface area contributed by atoms with Gasteiger partial charge in [-0.15, -0.1) is 0 Å². The van der Waals surface area contributed by atoms with Gasteiger partial charge in [0.1, 0.15) is 5.82 Å². The maximum Gasteiger partial charge on any atom is 0.251 e. The second-order valence-electron chi connectivity index (χ2n) is 4.88. The molecule has 1 aromatic heterocycles. The van der Waals surface area contributed by atoms with Gasteiger partial charge in [0.25, 0.3) is 5.56 Å². The second-order valence-corrected chi connectivity index (χ2v) is 4.88. The molecule has 1 heterocycles. The van der Waals surface area contributed by atoms with Gasteiger partial charge in [0, 0.05) is 18.4 Å². The molecule has 3 nitrogen and oxygen atoms in total. The molecule has 0 unspecified atom stereocenters. The van der Waals surface area contributed by atoms with Crippen molar-refractivity contribution in [1.29, 1.82) is 0 Å². The minimum absolute atomic E-state index is 0.0186. The van der Waals surface area contributed by atoms with E-state index < -0.39 is 0 Å². The molecule has 3 heteroatoms. The van der Waals surface area contributed by atoms with Crippen LogP contribution in [0.3, 0.4) is 0 Å². The Morgan fingerprint density at radius 3 is 2.67 bits per heavy atom. The van der Waals surface area contributed by atoms with E-state index in [-0.39, 0.29) is 5.56 Å². The summed E-state index contributed by atoms with van der Waals surface area (Å²) < 4.78 is 0. The molecule has 3 rings (SSSR count). The molecule has 0 spiro atoms. The van der Waals surface area contributed by atoms with Gasteiger partial charge >= 0.3 is 0 Å². The van der Waals surface area contributed by atoms with Crippen molar-refractivity contribution in [1.82, 2.24) is 9.97 Å². The Bertz CT molecular complexity index is 585. The molecule has 0 amide bonds. The van der Waals surface area contributed by atoms with E-state index >= 15 is 0 Å². The molecule has 0 bridgehead atoms. The molecule has 2 aromatic rings. The average molecular weight is 240 g/mol. The molecule has 1 aromatic carbocycles. The van der Waals surface area contributed by atoms with Crippen molar-refractivity contribution in [3.8, 4) is 0 Å². The number of aryl methyl sites for hydroxylation is 2. The van der Waals surface area contributed by atoms with Crippen LogP contribution in [0.4, 0.5) is 0 Å². The van der Waals surface area contributed by atoms with E-state index in [1.807, 2.05) is 18.2 Å². The highest BCUT2D eigenvalue weighted by Gasteiger charge is 2.25. The van der Waals surface area contributed by atoms with Crippen molar-refractivity contribution < 1.29 is 0 Å². The Hall–Kier alpha value is -1.90. The van der Waals surface area contributed by atoms with Crippen LogP contribution in [-0.4, -0.2) is 9.97 Å². The van der Waals surface area contributed by atoms with E-state index in [1.54, 1.807) is 6.07 Å². The van der Waals surface area contributed by atoms with Gasteiger partial charge < -0.3 is 4.98 Å². The lowest BCUT2D eigenvalue weighted by Crippen LogP contribution is -2.13. The topological polar surface area (TPSA) is 45.8 Å². The third-order valence-corrected chi connectivity index (χ3v) is 3.30. The van der Waals surface area contributed by atoms with Gasteiger partial charge in [0.15, 0.2) is 0 Å². The highest BCUT2D eigenvalue weighted by atomic mass is 16.1. The van der Waals surface area contributed by atoms with Crippen LogP contribution in [0.2, 0.25) is 0 Å². The number of nitrogens with zero attached hydrogens (tertiary/aromatic N) is 1. The first-order valence-corrected chi connectivity index (χ1v) is 6.45. The number of benzene rings is 1. The Kier molecular flexibility index (Phi) is 2.97. The van der Waals surface area contributed by atoms with Crippen molar-refractivity contribution in [2.45, 2.75) is 31.6 Å². The molecule has 0 atom stereocenters. The van der Waals surface area contributed by atoms with Crippen LogP contribution in [0.25, 0.3) is 0 Å². The van der Waals surface area contributed by atoms with Crippen LogP contribution in [0.15, 0.2) is 41.2 Å². The quantitative estimate of drug-likeness (QED) is 0.892. The lowest BCUT2D eigenvalue weighted by atomic mass is 10.1. The minimum atomic E-state index is -0.0186. The van der Waals surface area contributed by atoms with Gasteiger partial charge in [0.2, 0.25) is 0 Å². The van der Waals surface area contributed by atoms with Gasteiger partial charge in [-0.3, -0.25) is 4.79 Å². The Labute approximate surface area is 106 Å². The first-order valence-electron chi connectivity index (χ1n) is 6.45. The molecule has 1 fully saturated rings. The zero-order chi connectivity index (χ0) is 12.4. The number of nitrogens with one attached hydrogen (secondary N) is 1. The Balaban J connectivity index is 1.74. The largest absolute Gasteiger partial charge is 0.311 e. The number of H-pyrrole nitrogens is 1. The van der Waals surface area contributed by atoms with E-state index in [0.29, 0.717) is 5.92 Å². The normalized spacial score (nSPS) is 14.7. The molecule has 18 heavy (non-hydrogen) atoms. The summed E-state index contributed by atoms with van der Waals surface area (Å²) in [6.45, 7) is 0. The van der Waals surface area contributed by atoms with Crippen LogP contribution in [-0.2, 0) is 12.8 Å². The van der Waals surface area contributed by atoms with Gasteiger partial charge in [-0.05, 0) is 24.8 Å². The second kappa shape index (κ2) is 4.77. The summed E-state index contributed by atoms with van der Waals surface area (Å²) in [6, 6.07) is 11.9. The number of rotatable bonds is 4. The molecule has 0 saturated heterocycles. The highest BCUT2D eigenvalue weighted by Crippen LogP contribution is 2.38. The molecule has 0 aliphatic heterocycles. The fraction of sp³-hybridized carbons (Fsp3) is 0.333. The molecule has 1 aliphatic carbocycles. The van der Waals surface area contributed by atoms with Crippen molar-refractivity contribution in [3.63, 3.8) is 0 Å². The predicted octanol–water partition coefficient (Wildman–Crippen LogP) is 2.43. The molecular formula is C15H16N2O. The van der Waals surface area contributed by atoms with Crippen molar-refractivity contribution >= 4 is 0 Å². The lowest BCUT2D eigenvalue weighted by molar-refractivity contribution is 0.818. The van der Waals surface area contributed by atoms with Gasteiger partial charge in [-0.2, -0.15) is 0 Å². The molecule has 92 valence electrons. The summed E-state index contributed by atoms with van der Waals surface area (Å²) in [5, 5.41) is 0. The molecule has 0 radical (unpaired) electrons. The van der Waals surface area contributed by atoms with Crippen LogP contribution in [0.5, 0.6) is 0 Å². The standard InChI is InChI=1S/C15H16N2O/c18-15-10-13(12-7-8-12)16-14(17-15)9-6-11-4-2-1-3-5-11/h1-5,10,12H,6-9H2,(H,16,17,18). The van der Waals surface area contributed by atoms with Crippen LogP contribution in [0, 0.1) is 0 Å². The van der Waals surface area contributed by atoms with E-state index in [9.17, 15) is 4.79 Å². The van der Waals surface area contributed by atoms with Crippen molar-refractivity contribution in [2.75, 3.05) is 0 Å². The number of aromatic nitrogens is 2. The fourth-order valence-electron chi connectivity index (χ4n) is 2.14. The zero-order valence-electron chi connectivity index (χ0n) is 10.2.